The zero-order chi connectivity index (χ0) is 8.27. The van der Waals surface area contributed by atoms with Crippen molar-refractivity contribution in [3.05, 3.63) is 0 Å². The lowest BCUT2D eigenvalue weighted by Crippen LogP contribution is -2.20. The highest BCUT2D eigenvalue weighted by molar-refractivity contribution is 6.20. The molecule has 0 nitrogen and oxygen atoms in total. The summed E-state index contributed by atoms with van der Waals surface area (Å²) in [5.41, 5.74) is 0. The lowest BCUT2D eigenvalue weighted by Gasteiger charge is -2.29. The van der Waals surface area contributed by atoms with Crippen molar-refractivity contribution in [2.75, 3.05) is 0 Å². The highest BCUT2D eigenvalue weighted by Gasteiger charge is 2.23. The fourth-order valence-corrected chi connectivity index (χ4v) is 2.40. The van der Waals surface area contributed by atoms with Crippen LogP contribution >= 0.6 is 11.6 Å². The number of alkyl halides is 1. The first-order valence-corrected chi connectivity index (χ1v) is 5.31. The third-order valence-corrected chi connectivity index (χ3v) is 3.50. The van der Waals surface area contributed by atoms with Gasteiger partial charge in [-0.25, -0.2) is 0 Å². The van der Waals surface area contributed by atoms with Crippen LogP contribution in [0.5, 0.6) is 0 Å². The van der Waals surface area contributed by atoms with E-state index in [1.165, 1.54) is 32.1 Å². The molecule has 3 atom stereocenters. The lowest BCUT2D eigenvalue weighted by atomic mass is 9.80. The van der Waals surface area contributed by atoms with E-state index in [0.717, 1.165) is 11.8 Å². The second kappa shape index (κ2) is 4.35. The van der Waals surface area contributed by atoms with E-state index in [4.69, 9.17) is 11.6 Å². The summed E-state index contributed by atoms with van der Waals surface area (Å²) >= 11 is 6.11. The number of rotatable bonds is 2. The van der Waals surface area contributed by atoms with Crippen molar-refractivity contribution in [3.8, 4) is 0 Å². The van der Waals surface area contributed by atoms with Gasteiger partial charge in [0, 0.05) is 5.38 Å². The van der Waals surface area contributed by atoms with E-state index in [1.54, 1.807) is 0 Å². The fraction of sp³-hybridized carbons (Fsp3) is 1.00. The molecule has 3 unspecified atom stereocenters. The standard InChI is InChI=1S/C10H19Cl/c1-3-8(2)9-5-4-6-10(11)7-9/h8-10H,3-7H2,1-2H3. The third-order valence-electron chi connectivity index (χ3n) is 3.10. The smallest absolute Gasteiger partial charge is 0.0338 e. The van der Waals surface area contributed by atoms with Gasteiger partial charge in [-0.15, -0.1) is 11.6 Å². The zero-order valence-corrected chi connectivity index (χ0v) is 8.40. The first-order chi connectivity index (χ1) is 5.24. The van der Waals surface area contributed by atoms with Crippen LogP contribution in [0.2, 0.25) is 0 Å². The predicted molar refractivity (Wildman–Crippen MR) is 51.1 cm³/mol. The second-order valence-corrected chi connectivity index (χ2v) is 4.53. The molecule has 0 bridgehead atoms. The van der Waals surface area contributed by atoms with Crippen molar-refractivity contribution < 1.29 is 0 Å². The lowest BCUT2D eigenvalue weighted by molar-refractivity contribution is 0.261. The summed E-state index contributed by atoms with van der Waals surface area (Å²) in [4.78, 5) is 0. The van der Waals surface area contributed by atoms with Crippen molar-refractivity contribution in [3.63, 3.8) is 0 Å². The highest BCUT2D eigenvalue weighted by atomic mass is 35.5. The van der Waals surface area contributed by atoms with Gasteiger partial charge in [-0.1, -0.05) is 33.1 Å². The fourth-order valence-electron chi connectivity index (χ4n) is 2.02. The van der Waals surface area contributed by atoms with Crippen molar-refractivity contribution in [1.29, 1.82) is 0 Å². The minimum atomic E-state index is 0.475. The molecule has 66 valence electrons. The Morgan fingerprint density at radius 2 is 2.18 bits per heavy atom. The molecule has 0 amide bonds. The van der Waals surface area contributed by atoms with Gasteiger partial charge < -0.3 is 0 Å². The van der Waals surface area contributed by atoms with Gasteiger partial charge in [0.25, 0.3) is 0 Å². The van der Waals surface area contributed by atoms with E-state index in [2.05, 4.69) is 13.8 Å². The second-order valence-electron chi connectivity index (χ2n) is 3.91. The minimum absolute atomic E-state index is 0.475. The summed E-state index contributed by atoms with van der Waals surface area (Å²) in [7, 11) is 0. The van der Waals surface area contributed by atoms with Gasteiger partial charge in [0.1, 0.15) is 0 Å². The summed E-state index contributed by atoms with van der Waals surface area (Å²) in [6, 6.07) is 0. The molecule has 11 heavy (non-hydrogen) atoms. The normalized spacial score (nSPS) is 35.2. The van der Waals surface area contributed by atoms with Crippen LogP contribution < -0.4 is 0 Å². The van der Waals surface area contributed by atoms with Gasteiger partial charge in [-0.2, -0.15) is 0 Å². The SMILES string of the molecule is CCC(C)C1CCCC(Cl)C1. The van der Waals surface area contributed by atoms with E-state index in [0.29, 0.717) is 5.38 Å². The molecule has 0 heterocycles. The van der Waals surface area contributed by atoms with Gasteiger partial charge in [0.15, 0.2) is 0 Å². The van der Waals surface area contributed by atoms with Crippen LogP contribution in [-0.4, -0.2) is 5.38 Å². The van der Waals surface area contributed by atoms with E-state index >= 15 is 0 Å². The van der Waals surface area contributed by atoms with Crippen LogP contribution in [-0.2, 0) is 0 Å². The molecule has 0 N–H and O–H groups in total. The average molecular weight is 175 g/mol. The summed E-state index contributed by atoms with van der Waals surface area (Å²) in [5.74, 6) is 1.80. The molecule has 1 saturated carbocycles. The quantitative estimate of drug-likeness (QED) is 0.559. The van der Waals surface area contributed by atoms with E-state index in [9.17, 15) is 0 Å². The van der Waals surface area contributed by atoms with Gasteiger partial charge in [-0.05, 0) is 24.7 Å². The van der Waals surface area contributed by atoms with Crippen LogP contribution in [0.1, 0.15) is 46.0 Å². The van der Waals surface area contributed by atoms with Crippen LogP contribution in [0.25, 0.3) is 0 Å². The Bertz CT molecular complexity index is 111. The zero-order valence-electron chi connectivity index (χ0n) is 7.65. The highest BCUT2D eigenvalue weighted by Crippen LogP contribution is 2.33. The maximum Gasteiger partial charge on any atom is 0.0338 e. The molecule has 0 radical (unpaired) electrons. The molecule has 1 fully saturated rings. The van der Waals surface area contributed by atoms with E-state index in [-0.39, 0.29) is 0 Å². The Balaban J connectivity index is 2.33. The van der Waals surface area contributed by atoms with Crippen LogP contribution in [0, 0.1) is 11.8 Å². The minimum Gasteiger partial charge on any atom is -0.123 e. The third kappa shape index (κ3) is 2.66. The largest absolute Gasteiger partial charge is 0.123 e. The van der Waals surface area contributed by atoms with Crippen molar-refractivity contribution in [2.24, 2.45) is 11.8 Å². The topological polar surface area (TPSA) is 0 Å². The summed E-state index contributed by atoms with van der Waals surface area (Å²) < 4.78 is 0. The Kier molecular flexibility index (Phi) is 3.71. The average Bonchev–Trinajstić information content (AvgIpc) is 2.03. The van der Waals surface area contributed by atoms with Crippen LogP contribution in [0.3, 0.4) is 0 Å². The van der Waals surface area contributed by atoms with Crippen LogP contribution in [0.15, 0.2) is 0 Å². The molecule has 1 heteroatoms. The molecule has 0 aromatic carbocycles. The predicted octanol–water partition coefficient (Wildman–Crippen LogP) is 3.83. The summed E-state index contributed by atoms with van der Waals surface area (Å²) in [5, 5.41) is 0.475. The van der Waals surface area contributed by atoms with Gasteiger partial charge in [0.05, 0.1) is 0 Å². The van der Waals surface area contributed by atoms with E-state index in [1.807, 2.05) is 0 Å². The molecular weight excluding hydrogens is 156 g/mol. The molecule has 0 aromatic heterocycles. The van der Waals surface area contributed by atoms with Crippen LogP contribution in [0.4, 0.5) is 0 Å². The number of hydrogen-bond donors (Lipinski definition) is 0. The van der Waals surface area contributed by atoms with Crippen molar-refractivity contribution in [2.45, 2.75) is 51.3 Å². The van der Waals surface area contributed by atoms with Crippen molar-refractivity contribution >= 4 is 11.6 Å². The molecule has 0 spiro atoms. The van der Waals surface area contributed by atoms with Gasteiger partial charge in [0.2, 0.25) is 0 Å². The van der Waals surface area contributed by atoms with E-state index < -0.39 is 0 Å². The van der Waals surface area contributed by atoms with Gasteiger partial charge >= 0.3 is 0 Å². The summed E-state index contributed by atoms with van der Waals surface area (Å²) in [6.45, 7) is 4.64. The Morgan fingerprint density at radius 1 is 1.45 bits per heavy atom. The number of hydrogen-bond acceptors (Lipinski definition) is 0. The Hall–Kier alpha value is 0.290. The molecule has 1 aliphatic rings. The molecular formula is C10H19Cl. The molecule has 0 aliphatic heterocycles. The first kappa shape index (κ1) is 9.38. The van der Waals surface area contributed by atoms with Crippen molar-refractivity contribution in [1.82, 2.24) is 0 Å². The Labute approximate surface area is 75.3 Å². The Morgan fingerprint density at radius 3 is 2.73 bits per heavy atom. The van der Waals surface area contributed by atoms with Gasteiger partial charge in [-0.3, -0.25) is 0 Å². The molecule has 1 aliphatic carbocycles. The monoisotopic (exact) mass is 174 g/mol. The number of halogens is 1. The first-order valence-electron chi connectivity index (χ1n) is 4.88. The molecule has 0 saturated heterocycles. The maximum absolute atomic E-state index is 6.11. The summed E-state index contributed by atoms with van der Waals surface area (Å²) in [6.07, 6.45) is 6.58. The molecule has 0 aromatic rings. The maximum atomic E-state index is 6.11. The molecule has 1 rings (SSSR count).